The van der Waals surface area contributed by atoms with E-state index in [0.717, 1.165) is 59.4 Å². The number of aldehydes is 1. The number of oxime groups is 1. The molecular weight excluding hydrogens is 883 g/mol. The molecule has 1 aliphatic heterocycles. The fourth-order valence-electron chi connectivity index (χ4n) is 10.7. The van der Waals surface area contributed by atoms with E-state index in [-0.39, 0.29) is 56.4 Å². The number of unbranched alkanes of at least 4 members (excludes halogenated alkanes) is 2. The van der Waals surface area contributed by atoms with Crippen molar-refractivity contribution >= 4 is 28.7 Å². The van der Waals surface area contributed by atoms with Crippen molar-refractivity contribution in [2.45, 2.75) is 95.6 Å². The summed E-state index contributed by atoms with van der Waals surface area (Å²) in [6.45, 7) is 10.3. The third-order valence-corrected chi connectivity index (χ3v) is 13.8. The Labute approximate surface area is 410 Å². The van der Waals surface area contributed by atoms with Gasteiger partial charge >= 0.3 is 0 Å². The number of aliphatic hydroxyl groups is 2. The van der Waals surface area contributed by atoms with Crippen molar-refractivity contribution in [1.82, 2.24) is 4.90 Å². The van der Waals surface area contributed by atoms with E-state index in [4.69, 9.17) is 28.9 Å². The summed E-state index contributed by atoms with van der Waals surface area (Å²) in [7, 11) is 1.51. The van der Waals surface area contributed by atoms with Crippen LogP contribution in [-0.2, 0) is 16.1 Å². The predicted molar refractivity (Wildman–Crippen MR) is 269 cm³/mol. The van der Waals surface area contributed by atoms with Crippen LogP contribution < -0.4 is 14.2 Å². The number of amides is 1. The van der Waals surface area contributed by atoms with Crippen molar-refractivity contribution in [3.63, 3.8) is 0 Å². The molecule has 12 nitrogen and oxygen atoms in total. The lowest BCUT2D eigenvalue weighted by atomic mass is 9.55. The Bertz CT molecular complexity index is 2780. The predicted octanol–water partition coefficient (Wildman–Crippen LogP) is 11.1. The molecule has 3 aliphatic rings. The molecule has 0 bridgehead atoms. The maximum Gasteiger partial charge on any atom is 0.254 e. The summed E-state index contributed by atoms with van der Waals surface area (Å²) in [6, 6.07) is 33.1. The standard InChI is InChI=1S/C58H63N3O9/c1-6-30-67-58-53(61(56(65)40-22-20-38(35-59)21-23-40)36-42-17-13-16-39-14-7-8-18-46(39)42)34-50(60-70-57(2,3)4)48-32-41(15-9-11-28-62)47(19-10-12-29-63)54(55(48)58)49-33-45(25-27-52(49)69-58)68-44-24-26-51(66-5)43(31-44)37-64/h6-8,13-14,16-18,20-27,31-33,37,41,47,53-55,62-63H,1,9-12,15,19,28-30,34,36H2,2-5H3/t41-,47+,53-,54+,55+,58+/m0/s1. The van der Waals surface area contributed by atoms with E-state index < -0.39 is 23.3 Å². The van der Waals surface area contributed by atoms with E-state index in [1.165, 1.54) is 7.11 Å². The molecular formula is C58H63N3O9. The number of hydrogen-bond acceptors (Lipinski definition) is 11. The highest BCUT2D eigenvalue weighted by molar-refractivity contribution is 6.03. The summed E-state index contributed by atoms with van der Waals surface area (Å²) in [5, 5.41) is 36.9. The fourth-order valence-corrected chi connectivity index (χ4v) is 10.7. The average molecular weight is 946 g/mol. The summed E-state index contributed by atoms with van der Waals surface area (Å²) in [5.74, 6) is -0.757. The number of nitrogens with zero attached hydrogens (tertiary/aromatic N) is 3. The van der Waals surface area contributed by atoms with Crippen LogP contribution in [0.5, 0.6) is 23.0 Å². The summed E-state index contributed by atoms with van der Waals surface area (Å²) in [4.78, 5) is 35.9. The lowest BCUT2D eigenvalue weighted by molar-refractivity contribution is -0.255. The smallest absolute Gasteiger partial charge is 0.254 e. The van der Waals surface area contributed by atoms with Crippen molar-refractivity contribution in [2.75, 3.05) is 26.9 Å². The van der Waals surface area contributed by atoms with Gasteiger partial charge in [-0.25, -0.2) is 0 Å². The summed E-state index contributed by atoms with van der Waals surface area (Å²) in [6.07, 6.45) is 9.26. The van der Waals surface area contributed by atoms with E-state index in [9.17, 15) is 20.3 Å². The average Bonchev–Trinajstić information content (AvgIpc) is 3.37. The van der Waals surface area contributed by atoms with Gasteiger partial charge in [-0.15, -0.1) is 6.58 Å². The third kappa shape index (κ3) is 10.4. The molecule has 0 saturated heterocycles. The first-order valence-corrected chi connectivity index (χ1v) is 24.3. The van der Waals surface area contributed by atoms with E-state index in [0.29, 0.717) is 58.2 Å². The largest absolute Gasteiger partial charge is 0.496 e. The summed E-state index contributed by atoms with van der Waals surface area (Å²) in [5.41, 5.74) is 3.89. The zero-order valence-electron chi connectivity index (χ0n) is 40.5. The first kappa shape index (κ1) is 49.6. The van der Waals surface area contributed by atoms with Gasteiger partial charge in [0.15, 0.2) is 6.29 Å². The van der Waals surface area contributed by atoms with Gasteiger partial charge in [-0.2, -0.15) is 5.26 Å². The molecule has 1 heterocycles. The van der Waals surface area contributed by atoms with Crippen LogP contribution in [0.4, 0.5) is 0 Å². The number of hydrogen-bond donors (Lipinski definition) is 2. The molecule has 1 fully saturated rings. The maximum absolute atomic E-state index is 15.7. The van der Waals surface area contributed by atoms with Gasteiger partial charge in [0.25, 0.3) is 5.91 Å². The van der Waals surface area contributed by atoms with Crippen LogP contribution >= 0.6 is 0 Å². The van der Waals surface area contributed by atoms with Crippen LogP contribution in [-0.4, -0.2) is 77.4 Å². The second kappa shape index (κ2) is 21.9. The zero-order valence-corrected chi connectivity index (χ0v) is 40.5. The fraction of sp³-hybridized carbons (Fsp3) is 0.379. The molecule has 2 aliphatic carbocycles. The van der Waals surface area contributed by atoms with Gasteiger partial charge in [0.05, 0.1) is 42.5 Å². The minimum absolute atomic E-state index is 0.00862. The lowest BCUT2D eigenvalue weighted by Crippen LogP contribution is -2.70. The Morgan fingerprint density at radius 1 is 0.943 bits per heavy atom. The number of carbonyl (C=O) groups excluding carboxylic acids is 2. The Balaban J connectivity index is 1.39. The minimum atomic E-state index is -1.53. The molecule has 70 heavy (non-hydrogen) atoms. The number of aliphatic hydroxyl groups excluding tert-OH is 2. The number of methoxy groups -OCH3 is 1. The van der Waals surface area contributed by atoms with Crippen molar-refractivity contribution in [3.8, 4) is 29.1 Å². The van der Waals surface area contributed by atoms with Gasteiger partial charge in [0.2, 0.25) is 5.79 Å². The number of nitriles is 1. The SMILES string of the molecule is C=CCO[C@@]12Oc3ccc(Oc4ccc(OC)c(C=O)c4)cc3[C@H]3[C@H](CCCCO)[C@@H](CCCCO)C=C(C(=NOC(C)(C)C)C[C@@H]1N(Cc1cccc4ccccc14)C(=O)c1ccc(C#N)cc1)[C@H]32. The van der Waals surface area contributed by atoms with Gasteiger partial charge in [-0.3, -0.25) is 9.59 Å². The Morgan fingerprint density at radius 2 is 1.67 bits per heavy atom. The number of allylic oxidation sites excluding steroid dienone is 1. The van der Waals surface area contributed by atoms with Crippen molar-refractivity contribution < 1.29 is 43.6 Å². The van der Waals surface area contributed by atoms with Gasteiger partial charge in [0, 0.05) is 43.2 Å². The van der Waals surface area contributed by atoms with Gasteiger partial charge in [-0.05, 0) is 141 Å². The molecule has 2 N–H and O–H groups in total. The minimum Gasteiger partial charge on any atom is -0.496 e. The molecule has 364 valence electrons. The normalized spacial score (nSPS) is 21.9. The Kier molecular flexibility index (Phi) is 15.5. The van der Waals surface area contributed by atoms with Gasteiger partial charge in [-0.1, -0.05) is 72.6 Å². The number of ether oxygens (including phenoxy) is 4. The zero-order chi connectivity index (χ0) is 49.4. The van der Waals surface area contributed by atoms with E-state index >= 15 is 4.79 Å². The first-order chi connectivity index (χ1) is 33.9. The van der Waals surface area contributed by atoms with Crippen LogP contribution in [0, 0.1) is 29.1 Å². The van der Waals surface area contributed by atoms with E-state index in [2.05, 4.69) is 36.9 Å². The van der Waals surface area contributed by atoms with Crippen molar-refractivity contribution in [2.24, 2.45) is 22.9 Å². The molecule has 0 radical (unpaired) electrons. The highest BCUT2D eigenvalue weighted by atomic mass is 16.7. The number of benzene rings is 5. The molecule has 5 aromatic carbocycles. The molecule has 12 heteroatoms. The Morgan fingerprint density at radius 3 is 2.39 bits per heavy atom. The first-order valence-electron chi connectivity index (χ1n) is 24.3. The molecule has 1 amide bonds. The molecule has 0 unspecified atom stereocenters. The van der Waals surface area contributed by atoms with Gasteiger partial charge in [0.1, 0.15) is 34.6 Å². The summed E-state index contributed by atoms with van der Waals surface area (Å²) < 4.78 is 26.8. The van der Waals surface area contributed by atoms with Crippen LogP contribution in [0.2, 0.25) is 0 Å². The van der Waals surface area contributed by atoms with Crippen LogP contribution in [0.15, 0.2) is 133 Å². The highest BCUT2D eigenvalue weighted by Gasteiger charge is 2.65. The second-order valence-electron chi connectivity index (χ2n) is 19.4. The third-order valence-electron chi connectivity index (χ3n) is 13.8. The number of carbonyl (C=O) groups is 2. The number of fused-ring (bicyclic) bond motifs is 3. The van der Waals surface area contributed by atoms with Crippen molar-refractivity contribution in [3.05, 3.63) is 155 Å². The molecule has 1 saturated carbocycles. The molecule has 0 aromatic heterocycles. The topological polar surface area (TPSA) is 160 Å². The molecule has 0 spiro atoms. The quantitative estimate of drug-likeness (QED) is 0.0333. The molecule has 5 aromatic rings. The van der Waals surface area contributed by atoms with Crippen LogP contribution in [0.1, 0.15) is 109 Å². The summed E-state index contributed by atoms with van der Waals surface area (Å²) >= 11 is 0. The number of rotatable bonds is 20. The lowest BCUT2D eigenvalue weighted by Gasteiger charge is -2.60. The van der Waals surface area contributed by atoms with Crippen molar-refractivity contribution in [1.29, 1.82) is 5.26 Å². The van der Waals surface area contributed by atoms with Gasteiger partial charge < -0.3 is 38.9 Å². The Hall–Kier alpha value is -6.78. The molecule has 6 atom stereocenters. The van der Waals surface area contributed by atoms with Crippen LogP contribution in [0.3, 0.4) is 0 Å². The van der Waals surface area contributed by atoms with E-state index in [1.807, 2.05) is 68.1 Å². The maximum atomic E-state index is 15.7. The van der Waals surface area contributed by atoms with Crippen LogP contribution in [0.25, 0.3) is 10.8 Å². The monoisotopic (exact) mass is 945 g/mol. The highest BCUT2D eigenvalue weighted by Crippen LogP contribution is 2.62. The second-order valence-corrected chi connectivity index (χ2v) is 19.4. The van der Waals surface area contributed by atoms with E-state index in [1.54, 1.807) is 48.5 Å². The molecule has 8 rings (SSSR count).